The molecule has 1 aliphatic carbocycles. The number of esters is 1. The van der Waals surface area contributed by atoms with Crippen LogP contribution in [0.5, 0.6) is 0 Å². The minimum Gasteiger partial charge on any atom is -0.465 e. The maximum Gasteiger partial charge on any atom is 0.407 e. The fraction of sp³-hybridized carbons (Fsp3) is 0.185. The van der Waals surface area contributed by atoms with Crippen LogP contribution in [0.1, 0.15) is 39.4 Å². The van der Waals surface area contributed by atoms with Crippen LogP contribution in [0.15, 0.2) is 72.8 Å². The van der Waals surface area contributed by atoms with Gasteiger partial charge in [0.05, 0.1) is 17.7 Å². The van der Waals surface area contributed by atoms with Crippen LogP contribution in [0, 0.1) is 0 Å². The van der Waals surface area contributed by atoms with Crippen molar-refractivity contribution in [1.82, 2.24) is 5.32 Å². The van der Waals surface area contributed by atoms with Crippen molar-refractivity contribution in [3.8, 4) is 11.1 Å². The molecule has 0 bridgehead atoms. The number of benzene rings is 3. The lowest BCUT2D eigenvalue weighted by Gasteiger charge is -2.14. The number of halogens is 1. The molecule has 0 fully saturated rings. The highest BCUT2D eigenvalue weighted by atomic mass is 35.5. The van der Waals surface area contributed by atoms with E-state index < -0.39 is 12.1 Å². The van der Waals surface area contributed by atoms with Crippen LogP contribution in [-0.4, -0.2) is 32.3 Å². The number of rotatable bonds is 7. The van der Waals surface area contributed by atoms with Gasteiger partial charge in [-0.15, -0.1) is 0 Å². The smallest absolute Gasteiger partial charge is 0.407 e. The molecule has 1 N–H and O–H groups in total. The number of carbonyl (C=O) groups is 2. The number of amides is 1. The Morgan fingerprint density at radius 2 is 1.67 bits per heavy atom. The second-order valence-corrected chi connectivity index (χ2v) is 8.08. The van der Waals surface area contributed by atoms with Gasteiger partial charge >= 0.3 is 12.1 Å². The first-order chi connectivity index (χ1) is 16.1. The van der Waals surface area contributed by atoms with E-state index in [1.54, 1.807) is 18.2 Å². The normalized spacial score (nSPS) is 12.3. The van der Waals surface area contributed by atoms with E-state index in [1.807, 2.05) is 36.4 Å². The number of fused-ring (bicyclic) bond motifs is 3. The molecule has 33 heavy (non-hydrogen) atoms. The number of hydrogen-bond donors (Lipinski definition) is 1. The predicted octanol–water partition coefficient (Wildman–Crippen LogP) is 6.07. The van der Waals surface area contributed by atoms with E-state index >= 15 is 0 Å². The molecule has 0 aromatic heterocycles. The van der Waals surface area contributed by atoms with Gasteiger partial charge in [-0.1, -0.05) is 78.4 Å². The van der Waals surface area contributed by atoms with Gasteiger partial charge in [0.25, 0.3) is 0 Å². The summed E-state index contributed by atoms with van der Waals surface area (Å²) < 4.78 is 10.2. The van der Waals surface area contributed by atoms with Crippen molar-refractivity contribution < 1.29 is 19.1 Å². The summed E-state index contributed by atoms with van der Waals surface area (Å²) in [6, 6.07) is 21.6. The van der Waals surface area contributed by atoms with Gasteiger partial charge < -0.3 is 14.8 Å². The molecule has 0 radical (unpaired) electrons. The molecule has 4 rings (SSSR count). The Labute approximate surface area is 198 Å². The molecule has 0 saturated heterocycles. The number of alkyl carbamates (subject to hydrolysis) is 1. The molecule has 0 saturated carbocycles. The quantitative estimate of drug-likeness (QED) is 0.342. The predicted molar refractivity (Wildman–Crippen MR) is 130 cm³/mol. The first-order valence-corrected chi connectivity index (χ1v) is 11.1. The first-order valence-electron chi connectivity index (χ1n) is 10.7. The number of methoxy groups -OCH3 is 1. The lowest BCUT2D eigenvalue weighted by molar-refractivity contribution is 0.0601. The zero-order valence-corrected chi connectivity index (χ0v) is 19.0. The van der Waals surface area contributed by atoms with Crippen molar-refractivity contribution in [2.45, 2.75) is 12.3 Å². The Bertz CT molecular complexity index is 1160. The Morgan fingerprint density at radius 1 is 1.00 bits per heavy atom. The summed E-state index contributed by atoms with van der Waals surface area (Å²) in [5.74, 6) is -0.427. The van der Waals surface area contributed by atoms with Gasteiger partial charge in [-0.05, 0) is 46.4 Å². The average molecular weight is 462 g/mol. The Morgan fingerprint density at radius 3 is 2.30 bits per heavy atom. The Hall–Kier alpha value is -3.57. The summed E-state index contributed by atoms with van der Waals surface area (Å²) in [6.45, 7) is 0.738. The maximum absolute atomic E-state index is 12.2. The van der Waals surface area contributed by atoms with Crippen molar-refractivity contribution in [1.29, 1.82) is 0 Å². The third kappa shape index (κ3) is 5.10. The van der Waals surface area contributed by atoms with Crippen LogP contribution in [0.4, 0.5) is 4.79 Å². The number of hydrogen-bond acceptors (Lipinski definition) is 4. The van der Waals surface area contributed by atoms with Crippen LogP contribution in [0.25, 0.3) is 17.2 Å². The van der Waals surface area contributed by atoms with Gasteiger partial charge in [0.2, 0.25) is 0 Å². The number of nitrogens with one attached hydrogen (secondary N) is 1. The molecule has 0 aliphatic heterocycles. The molecule has 3 aromatic carbocycles. The fourth-order valence-corrected chi connectivity index (χ4v) is 4.30. The minimum atomic E-state index is -0.470. The summed E-state index contributed by atoms with van der Waals surface area (Å²) in [5, 5.41) is 3.12. The van der Waals surface area contributed by atoms with Gasteiger partial charge in [0.1, 0.15) is 6.61 Å². The maximum atomic E-state index is 12.2. The zero-order chi connectivity index (χ0) is 23.2. The van der Waals surface area contributed by atoms with Crippen molar-refractivity contribution in [2.75, 3.05) is 20.3 Å². The van der Waals surface area contributed by atoms with E-state index in [4.69, 9.17) is 16.3 Å². The molecule has 0 spiro atoms. The molecular formula is C27H24ClNO4. The topological polar surface area (TPSA) is 64.6 Å². The van der Waals surface area contributed by atoms with Crippen LogP contribution in [0.2, 0.25) is 5.02 Å². The standard InChI is InChI=1S/C27H24ClNO4/c1-32-26(30)23-14-13-18(16-25(23)28)8-6-7-15-29-27(31)33-17-24-21-11-4-2-9-19(21)20-10-3-5-12-22(20)24/h2-6,8-14,16,24H,7,15,17H2,1H3,(H,29,31). The largest absolute Gasteiger partial charge is 0.465 e. The molecule has 1 aliphatic rings. The summed E-state index contributed by atoms with van der Waals surface area (Å²) in [5.41, 5.74) is 5.96. The van der Waals surface area contributed by atoms with E-state index in [1.165, 1.54) is 29.4 Å². The highest BCUT2D eigenvalue weighted by Gasteiger charge is 2.28. The highest BCUT2D eigenvalue weighted by molar-refractivity contribution is 6.33. The second-order valence-electron chi connectivity index (χ2n) is 7.67. The number of carbonyl (C=O) groups excluding carboxylic acids is 2. The molecule has 5 nitrogen and oxygen atoms in total. The molecule has 3 aromatic rings. The fourth-order valence-electron chi connectivity index (χ4n) is 4.04. The first kappa shape index (κ1) is 22.6. The van der Waals surface area contributed by atoms with E-state index in [0.29, 0.717) is 30.2 Å². The summed E-state index contributed by atoms with van der Waals surface area (Å²) in [4.78, 5) is 23.8. The third-order valence-electron chi connectivity index (χ3n) is 5.63. The number of ether oxygens (including phenoxy) is 2. The lowest BCUT2D eigenvalue weighted by Crippen LogP contribution is -2.26. The van der Waals surface area contributed by atoms with E-state index in [9.17, 15) is 9.59 Å². The molecule has 1 amide bonds. The summed E-state index contributed by atoms with van der Waals surface area (Å²) in [7, 11) is 1.32. The molecule has 0 atom stereocenters. The van der Waals surface area contributed by atoms with Crippen molar-refractivity contribution in [2.24, 2.45) is 0 Å². The van der Waals surface area contributed by atoms with Crippen LogP contribution in [-0.2, 0) is 9.47 Å². The van der Waals surface area contributed by atoms with Crippen LogP contribution >= 0.6 is 11.6 Å². The Balaban J connectivity index is 1.25. The van der Waals surface area contributed by atoms with Gasteiger partial charge in [0.15, 0.2) is 0 Å². The Kier molecular flexibility index (Phi) is 7.10. The van der Waals surface area contributed by atoms with Crippen molar-refractivity contribution in [3.05, 3.63) is 100 Å². The van der Waals surface area contributed by atoms with Crippen molar-refractivity contribution >= 4 is 29.7 Å². The SMILES string of the molecule is COC(=O)c1ccc(C=CCCNC(=O)OCC2c3ccccc3-c3ccccc32)cc1Cl. The summed E-state index contributed by atoms with van der Waals surface area (Å²) in [6.07, 6.45) is 4.00. The van der Waals surface area contributed by atoms with Crippen LogP contribution < -0.4 is 5.32 Å². The van der Waals surface area contributed by atoms with Crippen molar-refractivity contribution in [3.63, 3.8) is 0 Å². The lowest BCUT2D eigenvalue weighted by atomic mass is 9.98. The monoisotopic (exact) mass is 461 g/mol. The molecular weight excluding hydrogens is 438 g/mol. The van der Waals surface area contributed by atoms with Crippen LogP contribution in [0.3, 0.4) is 0 Å². The average Bonchev–Trinajstić information content (AvgIpc) is 3.16. The molecule has 168 valence electrons. The third-order valence-corrected chi connectivity index (χ3v) is 5.95. The van der Waals surface area contributed by atoms with E-state index in [0.717, 1.165) is 5.56 Å². The van der Waals surface area contributed by atoms with Gasteiger partial charge in [-0.25, -0.2) is 9.59 Å². The van der Waals surface area contributed by atoms with Gasteiger partial charge in [-0.3, -0.25) is 0 Å². The molecule has 6 heteroatoms. The highest BCUT2D eigenvalue weighted by Crippen LogP contribution is 2.44. The molecule has 0 heterocycles. The summed E-state index contributed by atoms with van der Waals surface area (Å²) >= 11 is 6.13. The minimum absolute atomic E-state index is 0.0424. The van der Waals surface area contributed by atoms with E-state index in [-0.39, 0.29) is 5.92 Å². The molecule has 0 unspecified atom stereocenters. The van der Waals surface area contributed by atoms with Gasteiger partial charge in [0, 0.05) is 12.5 Å². The second kappa shape index (κ2) is 10.4. The van der Waals surface area contributed by atoms with E-state index in [2.05, 4.69) is 34.3 Å². The zero-order valence-electron chi connectivity index (χ0n) is 18.2. The van der Waals surface area contributed by atoms with Gasteiger partial charge in [-0.2, -0.15) is 0 Å².